The van der Waals surface area contributed by atoms with E-state index in [1.807, 2.05) is 0 Å². The standard InChI is InChI=1S/C54H102O6/c1-4-7-10-13-16-19-22-25-27-28-30-32-35-38-41-44-47-53(56)59-50-51(49-58-52(55)46-43-40-37-34-31-24-21-18-15-12-9-6-3)60-54(57)48-45-42-39-36-33-29-26-23-20-17-14-11-8-5-2/h18,21,51H,4-17,19-20,22-50H2,1-3H3/b21-18-/t51-/m1/s1. The molecule has 6 heteroatoms. The normalized spacial score (nSPS) is 12.0. The fraction of sp³-hybridized carbons (Fsp3) is 0.907. The number of ether oxygens (including phenoxy) is 3. The molecule has 0 heterocycles. The van der Waals surface area contributed by atoms with Crippen molar-refractivity contribution in [2.75, 3.05) is 13.2 Å². The smallest absolute Gasteiger partial charge is 0.306 e. The van der Waals surface area contributed by atoms with Gasteiger partial charge in [0.25, 0.3) is 0 Å². The molecule has 6 nitrogen and oxygen atoms in total. The lowest BCUT2D eigenvalue weighted by Crippen LogP contribution is -2.30. The van der Waals surface area contributed by atoms with Crippen molar-refractivity contribution >= 4 is 17.9 Å². The highest BCUT2D eigenvalue weighted by atomic mass is 16.6. The van der Waals surface area contributed by atoms with Crippen LogP contribution in [0.15, 0.2) is 12.2 Å². The van der Waals surface area contributed by atoms with Crippen LogP contribution in [0.4, 0.5) is 0 Å². The highest BCUT2D eigenvalue weighted by molar-refractivity contribution is 5.71. The van der Waals surface area contributed by atoms with Crippen LogP contribution < -0.4 is 0 Å². The highest BCUT2D eigenvalue weighted by Crippen LogP contribution is 2.17. The van der Waals surface area contributed by atoms with Crippen LogP contribution >= 0.6 is 0 Å². The maximum atomic E-state index is 12.8. The van der Waals surface area contributed by atoms with Gasteiger partial charge < -0.3 is 14.2 Å². The number of unbranched alkanes of at least 4 members (excludes halogenated alkanes) is 36. The van der Waals surface area contributed by atoms with Crippen molar-refractivity contribution < 1.29 is 28.6 Å². The van der Waals surface area contributed by atoms with E-state index in [1.165, 1.54) is 193 Å². The van der Waals surface area contributed by atoms with Gasteiger partial charge in [-0.1, -0.05) is 245 Å². The number of rotatable bonds is 49. The molecule has 0 unspecified atom stereocenters. The quantitative estimate of drug-likeness (QED) is 0.0263. The Morgan fingerprint density at radius 1 is 0.317 bits per heavy atom. The first-order valence-electron chi connectivity index (χ1n) is 26.7. The van der Waals surface area contributed by atoms with Gasteiger partial charge in [-0.05, 0) is 44.9 Å². The van der Waals surface area contributed by atoms with E-state index in [0.29, 0.717) is 19.3 Å². The lowest BCUT2D eigenvalue weighted by molar-refractivity contribution is -0.167. The molecule has 0 aliphatic rings. The third-order valence-corrected chi connectivity index (χ3v) is 12.0. The van der Waals surface area contributed by atoms with Gasteiger partial charge in [-0.2, -0.15) is 0 Å². The van der Waals surface area contributed by atoms with Crippen LogP contribution in [0.3, 0.4) is 0 Å². The molecule has 0 aliphatic heterocycles. The summed E-state index contributed by atoms with van der Waals surface area (Å²) in [6, 6.07) is 0. The predicted molar refractivity (Wildman–Crippen MR) is 256 cm³/mol. The van der Waals surface area contributed by atoms with Gasteiger partial charge in [-0.25, -0.2) is 0 Å². The van der Waals surface area contributed by atoms with E-state index in [0.717, 1.165) is 64.2 Å². The monoisotopic (exact) mass is 847 g/mol. The minimum atomic E-state index is -0.766. The number of esters is 3. The summed E-state index contributed by atoms with van der Waals surface area (Å²) in [6.07, 6.45) is 54.8. The second-order valence-corrected chi connectivity index (χ2v) is 18.2. The Balaban J connectivity index is 4.31. The summed E-state index contributed by atoms with van der Waals surface area (Å²) in [5, 5.41) is 0. The zero-order valence-electron chi connectivity index (χ0n) is 40.5. The SMILES string of the molecule is CCCCC/C=C\CCCCCCCC(=O)OC[C@H](COC(=O)CCCCCCCCCCCCCCCCCC)OC(=O)CCCCCCCCCCCCCCCC. The predicted octanol–water partition coefficient (Wildman–Crippen LogP) is 17.4. The second-order valence-electron chi connectivity index (χ2n) is 18.2. The molecule has 0 saturated carbocycles. The first-order chi connectivity index (χ1) is 29.5. The topological polar surface area (TPSA) is 78.9 Å². The Labute approximate surface area is 373 Å². The molecular weight excluding hydrogens is 745 g/mol. The molecule has 0 fully saturated rings. The number of carbonyl (C=O) groups is 3. The van der Waals surface area contributed by atoms with Gasteiger partial charge >= 0.3 is 17.9 Å². The Bertz CT molecular complexity index is 931. The van der Waals surface area contributed by atoms with Crippen LogP contribution in [0.2, 0.25) is 0 Å². The van der Waals surface area contributed by atoms with Crippen molar-refractivity contribution in [1.82, 2.24) is 0 Å². The summed E-state index contributed by atoms with van der Waals surface area (Å²) in [5.41, 5.74) is 0. The molecule has 0 bridgehead atoms. The molecule has 0 aromatic heterocycles. The van der Waals surface area contributed by atoms with E-state index in [1.54, 1.807) is 0 Å². The lowest BCUT2D eigenvalue weighted by atomic mass is 10.0. The van der Waals surface area contributed by atoms with Gasteiger partial charge in [-0.15, -0.1) is 0 Å². The van der Waals surface area contributed by atoms with Crippen LogP contribution in [0.1, 0.15) is 297 Å². The molecule has 60 heavy (non-hydrogen) atoms. The van der Waals surface area contributed by atoms with E-state index in [9.17, 15) is 14.4 Å². The minimum absolute atomic E-state index is 0.0670. The zero-order valence-corrected chi connectivity index (χ0v) is 40.5. The Hall–Kier alpha value is -1.85. The van der Waals surface area contributed by atoms with Crippen LogP contribution in [-0.4, -0.2) is 37.2 Å². The van der Waals surface area contributed by atoms with Gasteiger partial charge in [0.15, 0.2) is 6.10 Å². The van der Waals surface area contributed by atoms with Crippen LogP contribution in [0.25, 0.3) is 0 Å². The Morgan fingerprint density at radius 3 is 0.867 bits per heavy atom. The maximum Gasteiger partial charge on any atom is 0.306 e. The molecular formula is C54H102O6. The van der Waals surface area contributed by atoms with Crippen molar-refractivity contribution in [2.24, 2.45) is 0 Å². The van der Waals surface area contributed by atoms with E-state index in [-0.39, 0.29) is 31.1 Å². The van der Waals surface area contributed by atoms with Gasteiger partial charge in [0.05, 0.1) is 0 Å². The first kappa shape index (κ1) is 58.1. The first-order valence-corrected chi connectivity index (χ1v) is 26.7. The van der Waals surface area contributed by atoms with Crippen LogP contribution in [-0.2, 0) is 28.6 Å². The fourth-order valence-corrected chi connectivity index (χ4v) is 7.97. The fourth-order valence-electron chi connectivity index (χ4n) is 7.97. The highest BCUT2D eigenvalue weighted by Gasteiger charge is 2.19. The van der Waals surface area contributed by atoms with E-state index >= 15 is 0 Å². The molecule has 1 atom stereocenters. The second kappa shape index (κ2) is 49.8. The van der Waals surface area contributed by atoms with Crippen molar-refractivity contribution in [3.8, 4) is 0 Å². The Morgan fingerprint density at radius 2 is 0.550 bits per heavy atom. The molecule has 0 saturated heterocycles. The summed E-state index contributed by atoms with van der Waals surface area (Å²) >= 11 is 0. The number of carbonyl (C=O) groups excluding carboxylic acids is 3. The van der Waals surface area contributed by atoms with E-state index < -0.39 is 6.10 Å². The van der Waals surface area contributed by atoms with Crippen LogP contribution in [0, 0.1) is 0 Å². The minimum Gasteiger partial charge on any atom is -0.462 e. The van der Waals surface area contributed by atoms with Gasteiger partial charge in [-0.3, -0.25) is 14.4 Å². The molecule has 0 radical (unpaired) electrons. The third kappa shape index (κ3) is 47.2. The summed E-state index contributed by atoms with van der Waals surface area (Å²) in [7, 11) is 0. The lowest BCUT2D eigenvalue weighted by Gasteiger charge is -2.18. The molecule has 0 aromatic carbocycles. The molecule has 0 N–H and O–H groups in total. The van der Waals surface area contributed by atoms with Gasteiger partial charge in [0, 0.05) is 19.3 Å². The van der Waals surface area contributed by atoms with E-state index in [2.05, 4.69) is 32.9 Å². The summed E-state index contributed by atoms with van der Waals surface area (Å²) < 4.78 is 16.8. The molecule has 0 rings (SSSR count). The maximum absolute atomic E-state index is 12.8. The van der Waals surface area contributed by atoms with Crippen molar-refractivity contribution in [3.63, 3.8) is 0 Å². The van der Waals surface area contributed by atoms with Crippen molar-refractivity contribution in [2.45, 2.75) is 303 Å². The molecule has 0 spiro atoms. The number of hydrogen-bond donors (Lipinski definition) is 0. The van der Waals surface area contributed by atoms with Gasteiger partial charge in [0.2, 0.25) is 0 Å². The van der Waals surface area contributed by atoms with Crippen LogP contribution in [0.5, 0.6) is 0 Å². The summed E-state index contributed by atoms with van der Waals surface area (Å²) in [6.45, 7) is 6.65. The Kier molecular flexibility index (Phi) is 48.3. The molecule has 0 aromatic rings. The summed E-state index contributed by atoms with van der Waals surface area (Å²) in [4.78, 5) is 38.0. The van der Waals surface area contributed by atoms with Crippen molar-refractivity contribution in [1.29, 1.82) is 0 Å². The van der Waals surface area contributed by atoms with Crippen molar-refractivity contribution in [3.05, 3.63) is 12.2 Å². The van der Waals surface area contributed by atoms with Gasteiger partial charge in [0.1, 0.15) is 13.2 Å². The zero-order chi connectivity index (χ0) is 43.7. The largest absolute Gasteiger partial charge is 0.462 e. The molecule has 0 amide bonds. The number of allylic oxidation sites excluding steroid dienone is 2. The summed E-state index contributed by atoms with van der Waals surface area (Å²) in [5.74, 6) is -0.858. The average molecular weight is 847 g/mol. The molecule has 0 aliphatic carbocycles. The number of hydrogen-bond acceptors (Lipinski definition) is 6. The average Bonchev–Trinajstić information content (AvgIpc) is 3.24. The van der Waals surface area contributed by atoms with E-state index in [4.69, 9.17) is 14.2 Å². The third-order valence-electron chi connectivity index (χ3n) is 12.0. The molecule has 354 valence electrons.